The highest BCUT2D eigenvalue weighted by atomic mass is 16.7. The molecule has 1 spiro atoms. The molecule has 2 aliphatic rings. The zero-order chi connectivity index (χ0) is 19.7. The van der Waals surface area contributed by atoms with Gasteiger partial charge in [0.15, 0.2) is 5.79 Å². The second kappa shape index (κ2) is 7.61. The number of aromatic nitrogens is 2. The minimum Gasteiger partial charge on any atom is -0.347 e. The van der Waals surface area contributed by atoms with Crippen LogP contribution in [0.4, 0.5) is 0 Å². The number of imidazole rings is 1. The molecule has 0 saturated carbocycles. The summed E-state index contributed by atoms with van der Waals surface area (Å²) in [4.78, 5) is 19.7. The van der Waals surface area contributed by atoms with Gasteiger partial charge in [-0.25, -0.2) is 4.98 Å². The molecule has 150 valence electrons. The molecule has 2 aliphatic heterocycles. The van der Waals surface area contributed by atoms with Crippen molar-refractivity contribution in [1.82, 2.24) is 14.3 Å². The first-order valence-electron chi connectivity index (χ1n) is 10.3. The first-order chi connectivity index (χ1) is 14.2. The number of benzene rings is 1. The Balaban J connectivity index is 1.38. The SMILES string of the molecule is O=C(CC(c1ccccc1)c1cnc2ccccn12)N1CCC2(CC1)OCCO2. The van der Waals surface area contributed by atoms with Crippen LogP contribution in [0.3, 0.4) is 0 Å². The minimum absolute atomic E-state index is 0.0454. The highest BCUT2D eigenvalue weighted by Crippen LogP contribution is 2.33. The summed E-state index contributed by atoms with van der Waals surface area (Å²) >= 11 is 0. The van der Waals surface area contributed by atoms with Gasteiger partial charge < -0.3 is 18.8 Å². The Labute approximate surface area is 170 Å². The molecule has 2 saturated heterocycles. The summed E-state index contributed by atoms with van der Waals surface area (Å²) < 4.78 is 13.7. The molecule has 0 radical (unpaired) electrons. The molecule has 1 amide bonds. The lowest BCUT2D eigenvalue weighted by molar-refractivity contribution is -0.187. The van der Waals surface area contributed by atoms with E-state index in [0.717, 1.165) is 29.7 Å². The molecule has 2 fully saturated rings. The van der Waals surface area contributed by atoms with Crippen molar-refractivity contribution >= 4 is 11.6 Å². The van der Waals surface area contributed by atoms with Crippen LogP contribution < -0.4 is 0 Å². The fourth-order valence-corrected chi connectivity index (χ4v) is 4.47. The fraction of sp³-hybridized carbons (Fsp3) is 0.391. The average molecular weight is 391 g/mol. The van der Waals surface area contributed by atoms with Gasteiger partial charge in [-0.05, 0) is 17.7 Å². The Bertz CT molecular complexity index is 985. The number of nitrogens with zero attached hydrogens (tertiary/aromatic N) is 3. The molecule has 2 aromatic heterocycles. The van der Waals surface area contributed by atoms with Crippen molar-refractivity contribution in [1.29, 1.82) is 0 Å². The van der Waals surface area contributed by atoms with Gasteiger partial charge in [-0.3, -0.25) is 4.79 Å². The topological polar surface area (TPSA) is 56.1 Å². The highest BCUT2D eigenvalue weighted by molar-refractivity contribution is 5.78. The maximum Gasteiger partial charge on any atom is 0.223 e. The van der Waals surface area contributed by atoms with E-state index in [-0.39, 0.29) is 11.8 Å². The zero-order valence-corrected chi connectivity index (χ0v) is 16.4. The lowest BCUT2D eigenvalue weighted by Gasteiger charge is -2.38. The van der Waals surface area contributed by atoms with Crippen LogP contribution in [-0.2, 0) is 14.3 Å². The normalized spacial score (nSPS) is 19.7. The minimum atomic E-state index is -0.461. The van der Waals surface area contributed by atoms with Crippen molar-refractivity contribution in [2.45, 2.75) is 31.0 Å². The molecule has 0 aliphatic carbocycles. The molecule has 29 heavy (non-hydrogen) atoms. The number of piperidine rings is 1. The van der Waals surface area contributed by atoms with E-state index in [9.17, 15) is 4.79 Å². The number of hydrogen-bond donors (Lipinski definition) is 0. The van der Waals surface area contributed by atoms with Gasteiger partial charge >= 0.3 is 0 Å². The van der Waals surface area contributed by atoms with Crippen molar-refractivity contribution in [3.63, 3.8) is 0 Å². The standard InChI is InChI=1S/C23H25N3O3/c27-22(25-12-9-23(10-13-25)28-14-15-29-23)16-19(18-6-2-1-3-7-18)20-17-24-21-8-4-5-11-26(20)21/h1-8,11,17,19H,9-10,12-16H2. The molecular weight excluding hydrogens is 366 g/mol. The van der Waals surface area contributed by atoms with Crippen LogP contribution in [0.25, 0.3) is 5.65 Å². The Hall–Kier alpha value is -2.70. The summed E-state index contributed by atoms with van der Waals surface area (Å²) in [6.07, 6.45) is 5.80. The number of amides is 1. The summed E-state index contributed by atoms with van der Waals surface area (Å²) in [6, 6.07) is 16.2. The first-order valence-corrected chi connectivity index (χ1v) is 10.3. The van der Waals surface area contributed by atoms with E-state index in [0.29, 0.717) is 32.7 Å². The monoisotopic (exact) mass is 391 g/mol. The number of carbonyl (C=O) groups is 1. The van der Waals surface area contributed by atoms with Crippen molar-refractivity contribution in [2.75, 3.05) is 26.3 Å². The van der Waals surface area contributed by atoms with Crippen molar-refractivity contribution < 1.29 is 14.3 Å². The lowest BCUT2D eigenvalue weighted by Crippen LogP contribution is -2.47. The van der Waals surface area contributed by atoms with Crippen molar-refractivity contribution in [2.24, 2.45) is 0 Å². The molecule has 6 heteroatoms. The highest BCUT2D eigenvalue weighted by Gasteiger charge is 2.41. The molecule has 0 N–H and O–H groups in total. The van der Waals surface area contributed by atoms with Gasteiger partial charge in [0.05, 0.1) is 18.9 Å². The third-order valence-electron chi connectivity index (χ3n) is 6.07. The summed E-state index contributed by atoms with van der Waals surface area (Å²) in [5.74, 6) is -0.342. The molecule has 1 aromatic carbocycles. The third-order valence-corrected chi connectivity index (χ3v) is 6.07. The molecule has 5 rings (SSSR count). The largest absolute Gasteiger partial charge is 0.347 e. The summed E-state index contributed by atoms with van der Waals surface area (Å²) in [7, 11) is 0. The quantitative estimate of drug-likeness (QED) is 0.685. The summed E-state index contributed by atoms with van der Waals surface area (Å²) in [5.41, 5.74) is 3.06. The summed E-state index contributed by atoms with van der Waals surface area (Å²) in [5, 5.41) is 0. The van der Waals surface area contributed by atoms with Crippen LogP contribution in [0.1, 0.15) is 36.4 Å². The van der Waals surface area contributed by atoms with E-state index in [1.807, 2.05) is 53.7 Å². The Kier molecular flexibility index (Phi) is 4.81. The second-order valence-corrected chi connectivity index (χ2v) is 7.77. The van der Waals surface area contributed by atoms with Crippen LogP contribution >= 0.6 is 0 Å². The average Bonchev–Trinajstić information content (AvgIpc) is 3.40. The van der Waals surface area contributed by atoms with Crippen molar-refractivity contribution in [3.8, 4) is 0 Å². The predicted octanol–water partition coefficient (Wildman–Crippen LogP) is 3.22. The Morgan fingerprint density at radius 1 is 1.03 bits per heavy atom. The molecule has 6 nitrogen and oxygen atoms in total. The number of ether oxygens (including phenoxy) is 2. The van der Waals surface area contributed by atoms with Crippen molar-refractivity contribution in [3.05, 3.63) is 72.2 Å². The van der Waals surface area contributed by atoms with Crippen LogP contribution in [0.2, 0.25) is 0 Å². The van der Waals surface area contributed by atoms with E-state index in [1.165, 1.54) is 0 Å². The molecule has 1 atom stereocenters. The predicted molar refractivity (Wildman–Crippen MR) is 109 cm³/mol. The Morgan fingerprint density at radius 3 is 2.52 bits per heavy atom. The molecule has 4 heterocycles. The van der Waals surface area contributed by atoms with Gasteiger partial charge in [-0.2, -0.15) is 0 Å². The van der Waals surface area contributed by atoms with E-state index >= 15 is 0 Å². The number of fused-ring (bicyclic) bond motifs is 1. The van der Waals surface area contributed by atoms with Gasteiger partial charge in [0.2, 0.25) is 5.91 Å². The zero-order valence-electron chi connectivity index (χ0n) is 16.4. The number of hydrogen-bond acceptors (Lipinski definition) is 4. The van der Waals surface area contributed by atoms with E-state index < -0.39 is 5.79 Å². The Morgan fingerprint density at radius 2 is 1.76 bits per heavy atom. The maximum atomic E-state index is 13.2. The molecular formula is C23H25N3O3. The van der Waals surface area contributed by atoms with Gasteiger partial charge in [0.1, 0.15) is 5.65 Å². The van der Waals surface area contributed by atoms with Crippen LogP contribution in [0, 0.1) is 0 Å². The molecule has 1 unspecified atom stereocenters. The number of rotatable bonds is 4. The second-order valence-electron chi connectivity index (χ2n) is 7.77. The van der Waals surface area contributed by atoms with Gasteiger partial charge in [0.25, 0.3) is 0 Å². The van der Waals surface area contributed by atoms with Crippen LogP contribution in [-0.4, -0.2) is 52.3 Å². The van der Waals surface area contributed by atoms with E-state index in [4.69, 9.17) is 9.47 Å². The molecule has 3 aromatic rings. The van der Waals surface area contributed by atoms with E-state index in [2.05, 4.69) is 21.5 Å². The van der Waals surface area contributed by atoms with E-state index in [1.54, 1.807) is 0 Å². The number of carbonyl (C=O) groups excluding carboxylic acids is 1. The van der Waals surface area contributed by atoms with Crippen LogP contribution in [0.15, 0.2) is 60.9 Å². The van der Waals surface area contributed by atoms with Gasteiger partial charge in [0, 0.05) is 50.7 Å². The summed E-state index contributed by atoms with van der Waals surface area (Å²) in [6.45, 7) is 2.65. The van der Waals surface area contributed by atoms with Crippen LogP contribution in [0.5, 0.6) is 0 Å². The smallest absolute Gasteiger partial charge is 0.223 e. The van der Waals surface area contributed by atoms with Gasteiger partial charge in [-0.1, -0.05) is 36.4 Å². The maximum absolute atomic E-state index is 13.2. The lowest BCUT2D eigenvalue weighted by atomic mass is 9.91. The van der Waals surface area contributed by atoms with Gasteiger partial charge in [-0.15, -0.1) is 0 Å². The fourth-order valence-electron chi connectivity index (χ4n) is 4.47. The molecule has 0 bridgehead atoms. The first kappa shape index (κ1) is 18.3. The number of pyridine rings is 1. The number of likely N-dealkylation sites (tertiary alicyclic amines) is 1. The third kappa shape index (κ3) is 3.54.